The van der Waals surface area contributed by atoms with Crippen LogP contribution in [0.1, 0.15) is 19.4 Å². The second-order valence-electron chi connectivity index (χ2n) is 6.71. The lowest BCUT2D eigenvalue weighted by molar-refractivity contribution is -0.127. The predicted octanol–water partition coefficient (Wildman–Crippen LogP) is 4.85. The quantitative estimate of drug-likeness (QED) is 0.435. The Morgan fingerprint density at radius 3 is 2.56 bits per heavy atom. The van der Waals surface area contributed by atoms with E-state index in [1.807, 2.05) is 36.9 Å². The number of benzene rings is 2. The Balaban J connectivity index is 1.90. The zero-order valence-corrected chi connectivity index (χ0v) is 16.9. The average Bonchev–Trinajstić information content (AvgIpc) is 3.03. The number of nitrogens with zero attached hydrogens (tertiary/aromatic N) is 3. The maximum Gasteiger partial charge on any atom is 0.233 e. The van der Waals surface area contributed by atoms with Crippen molar-refractivity contribution in [3.05, 3.63) is 66.2 Å². The minimum absolute atomic E-state index is 0.105. The van der Waals surface area contributed by atoms with Crippen LogP contribution < -0.4 is 0 Å². The Kier molecular flexibility index (Phi) is 6.01. The van der Waals surface area contributed by atoms with Crippen LogP contribution in [0.15, 0.2) is 65.8 Å². The molecule has 0 spiro atoms. The van der Waals surface area contributed by atoms with E-state index in [1.54, 1.807) is 0 Å². The van der Waals surface area contributed by atoms with Gasteiger partial charge in [-0.25, -0.2) is 4.98 Å². The van der Waals surface area contributed by atoms with E-state index in [0.29, 0.717) is 18.8 Å². The van der Waals surface area contributed by atoms with E-state index in [0.717, 1.165) is 27.5 Å². The number of hydrogen-bond acceptors (Lipinski definition) is 3. The first kappa shape index (κ1) is 19.2. The van der Waals surface area contributed by atoms with Gasteiger partial charge in [-0.15, -0.1) is 0 Å². The van der Waals surface area contributed by atoms with Gasteiger partial charge in [0.05, 0.1) is 16.8 Å². The highest BCUT2D eigenvalue weighted by atomic mass is 32.2. The van der Waals surface area contributed by atoms with Gasteiger partial charge in [0.25, 0.3) is 0 Å². The van der Waals surface area contributed by atoms with Crippen molar-refractivity contribution in [2.45, 2.75) is 25.9 Å². The van der Waals surface area contributed by atoms with Gasteiger partial charge in [-0.2, -0.15) is 0 Å². The van der Waals surface area contributed by atoms with Crippen LogP contribution in [0.25, 0.3) is 16.7 Å². The van der Waals surface area contributed by atoms with Gasteiger partial charge in [0.2, 0.25) is 5.91 Å². The second-order valence-corrected chi connectivity index (χ2v) is 7.65. The van der Waals surface area contributed by atoms with Gasteiger partial charge in [-0.3, -0.25) is 9.36 Å². The topological polar surface area (TPSA) is 38.1 Å². The van der Waals surface area contributed by atoms with Gasteiger partial charge in [0.15, 0.2) is 5.16 Å². The summed E-state index contributed by atoms with van der Waals surface area (Å²) in [6, 6.07) is 16.4. The highest BCUT2D eigenvalue weighted by molar-refractivity contribution is 7.99. The molecule has 140 valence electrons. The molecule has 1 aromatic heterocycles. The summed E-state index contributed by atoms with van der Waals surface area (Å²) in [7, 11) is 0. The first-order valence-corrected chi connectivity index (χ1v) is 10.1. The molecule has 0 aliphatic rings. The number of amides is 1. The van der Waals surface area contributed by atoms with Crippen LogP contribution in [0, 0.1) is 6.92 Å². The van der Waals surface area contributed by atoms with Gasteiger partial charge < -0.3 is 4.90 Å². The smallest absolute Gasteiger partial charge is 0.233 e. The molecule has 0 bridgehead atoms. The van der Waals surface area contributed by atoms with Crippen molar-refractivity contribution in [1.29, 1.82) is 0 Å². The Hall–Kier alpha value is -2.53. The molecule has 1 amide bonds. The number of rotatable bonds is 7. The van der Waals surface area contributed by atoms with Gasteiger partial charge in [0.1, 0.15) is 0 Å². The summed E-state index contributed by atoms with van der Waals surface area (Å²) in [4.78, 5) is 19.2. The van der Waals surface area contributed by atoms with Crippen molar-refractivity contribution in [3.8, 4) is 5.69 Å². The molecule has 0 radical (unpaired) electrons. The molecule has 5 heteroatoms. The molecule has 27 heavy (non-hydrogen) atoms. The SMILES string of the molecule is C=C(C)CN(CC)C(=O)CSc1nc2ccccc2n1-c1ccc(C)cc1. The van der Waals surface area contributed by atoms with Crippen LogP contribution in [0.3, 0.4) is 0 Å². The first-order valence-electron chi connectivity index (χ1n) is 9.09. The zero-order valence-electron chi connectivity index (χ0n) is 16.1. The fraction of sp³-hybridized carbons (Fsp3) is 0.273. The van der Waals surface area contributed by atoms with Crippen molar-refractivity contribution in [2.24, 2.45) is 0 Å². The van der Waals surface area contributed by atoms with Crippen molar-refractivity contribution in [1.82, 2.24) is 14.5 Å². The maximum absolute atomic E-state index is 12.6. The van der Waals surface area contributed by atoms with Crippen molar-refractivity contribution in [2.75, 3.05) is 18.8 Å². The highest BCUT2D eigenvalue weighted by Crippen LogP contribution is 2.28. The largest absolute Gasteiger partial charge is 0.338 e. The van der Waals surface area contributed by atoms with Crippen LogP contribution in [0.4, 0.5) is 0 Å². The standard InChI is InChI=1S/C22H25N3OS/c1-5-24(14-16(2)3)21(26)15-27-22-23-19-8-6-7-9-20(19)25(22)18-12-10-17(4)11-13-18/h6-13H,2,5,14-15H2,1,3-4H3. The monoisotopic (exact) mass is 379 g/mol. The van der Waals surface area contributed by atoms with Crippen LogP contribution in [-0.4, -0.2) is 39.2 Å². The number of aryl methyl sites for hydroxylation is 1. The van der Waals surface area contributed by atoms with Gasteiger partial charge >= 0.3 is 0 Å². The average molecular weight is 380 g/mol. The van der Waals surface area contributed by atoms with E-state index in [9.17, 15) is 4.79 Å². The molecule has 1 heterocycles. The fourth-order valence-electron chi connectivity index (χ4n) is 2.96. The van der Waals surface area contributed by atoms with Crippen molar-refractivity contribution < 1.29 is 4.79 Å². The fourth-order valence-corrected chi connectivity index (χ4v) is 3.89. The molecule has 0 fully saturated rings. The van der Waals surface area contributed by atoms with Crippen LogP contribution in [0.5, 0.6) is 0 Å². The lowest BCUT2D eigenvalue weighted by atomic mass is 10.2. The maximum atomic E-state index is 12.6. The summed E-state index contributed by atoms with van der Waals surface area (Å²) in [5.74, 6) is 0.462. The molecular formula is C22H25N3OS. The first-order chi connectivity index (χ1) is 13.0. The highest BCUT2D eigenvalue weighted by Gasteiger charge is 2.17. The molecule has 0 saturated heterocycles. The van der Waals surface area contributed by atoms with Gasteiger partial charge in [0, 0.05) is 18.8 Å². The Labute approximate surface area is 164 Å². The third kappa shape index (κ3) is 4.42. The molecule has 3 rings (SSSR count). The van der Waals surface area contributed by atoms with E-state index in [2.05, 4.69) is 48.4 Å². The molecule has 0 N–H and O–H groups in total. The molecule has 4 nitrogen and oxygen atoms in total. The number of fused-ring (bicyclic) bond motifs is 1. The lowest BCUT2D eigenvalue weighted by Crippen LogP contribution is -2.33. The van der Waals surface area contributed by atoms with Crippen LogP contribution in [-0.2, 0) is 4.79 Å². The molecule has 0 aliphatic carbocycles. The third-order valence-corrected chi connectivity index (χ3v) is 5.27. The summed E-state index contributed by atoms with van der Waals surface area (Å²) in [6.45, 7) is 11.2. The normalized spacial score (nSPS) is 10.9. The van der Waals surface area contributed by atoms with E-state index in [1.165, 1.54) is 17.3 Å². The number of carbonyl (C=O) groups is 1. The summed E-state index contributed by atoms with van der Waals surface area (Å²) < 4.78 is 2.13. The number of hydrogen-bond donors (Lipinski definition) is 0. The minimum Gasteiger partial charge on any atom is -0.338 e. The summed E-state index contributed by atoms with van der Waals surface area (Å²) in [5, 5.41) is 0.833. The summed E-state index contributed by atoms with van der Waals surface area (Å²) >= 11 is 1.48. The van der Waals surface area contributed by atoms with Gasteiger partial charge in [-0.1, -0.05) is 53.7 Å². The van der Waals surface area contributed by atoms with Crippen molar-refractivity contribution >= 4 is 28.7 Å². The number of para-hydroxylation sites is 2. The second kappa shape index (κ2) is 8.44. The van der Waals surface area contributed by atoms with E-state index in [4.69, 9.17) is 4.98 Å². The number of carbonyl (C=O) groups excluding carboxylic acids is 1. The van der Waals surface area contributed by atoms with Crippen LogP contribution in [0.2, 0.25) is 0 Å². The minimum atomic E-state index is 0.105. The summed E-state index contributed by atoms with van der Waals surface area (Å²) in [6.07, 6.45) is 0. The summed E-state index contributed by atoms with van der Waals surface area (Å²) in [5.41, 5.74) is 5.24. The lowest BCUT2D eigenvalue weighted by Gasteiger charge is -2.20. The number of aromatic nitrogens is 2. The molecule has 2 aromatic carbocycles. The van der Waals surface area contributed by atoms with E-state index >= 15 is 0 Å². The molecule has 0 aliphatic heterocycles. The molecule has 0 atom stereocenters. The zero-order chi connectivity index (χ0) is 19.4. The Morgan fingerprint density at radius 2 is 1.89 bits per heavy atom. The van der Waals surface area contributed by atoms with Gasteiger partial charge in [-0.05, 0) is 45.0 Å². The van der Waals surface area contributed by atoms with Crippen LogP contribution >= 0.6 is 11.8 Å². The molecule has 0 saturated carbocycles. The third-order valence-electron chi connectivity index (χ3n) is 4.34. The number of thioether (sulfide) groups is 1. The van der Waals surface area contributed by atoms with E-state index < -0.39 is 0 Å². The molecule has 0 unspecified atom stereocenters. The number of likely N-dealkylation sites (N-methyl/N-ethyl adjacent to an activating group) is 1. The molecular weight excluding hydrogens is 354 g/mol. The Morgan fingerprint density at radius 1 is 1.19 bits per heavy atom. The van der Waals surface area contributed by atoms with E-state index in [-0.39, 0.29) is 5.91 Å². The Bertz CT molecular complexity index is 959. The number of imidazole rings is 1. The van der Waals surface area contributed by atoms with Crippen molar-refractivity contribution in [3.63, 3.8) is 0 Å². The predicted molar refractivity (Wildman–Crippen MR) is 114 cm³/mol. The molecule has 3 aromatic rings.